The number of carbonyl (C=O) groups is 3. The lowest BCUT2D eigenvalue weighted by atomic mass is 10.1. The predicted octanol–water partition coefficient (Wildman–Crippen LogP) is 10.3. The minimum absolute atomic E-state index is 0.159. The number of aliphatic carboxylic acids is 1. The van der Waals surface area contributed by atoms with Crippen LogP contribution in [-0.2, 0) is 37.5 Å². The molecule has 52 heavy (non-hydrogen) atoms. The third-order valence-electron chi connectivity index (χ3n) is 8.70. The van der Waals surface area contributed by atoms with Crippen molar-refractivity contribution in [1.82, 2.24) is 0 Å². The molecule has 304 valence electrons. The zero-order valence-corrected chi connectivity index (χ0v) is 33.5. The Kier molecular flexibility index (Phi) is 34.6. The van der Waals surface area contributed by atoms with Gasteiger partial charge >= 0.3 is 25.7 Å². The van der Waals surface area contributed by atoms with E-state index in [1.54, 1.807) is 0 Å². The fraction of sp³-hybridized carbons (Fsp3) is 0.825. The van der Waals surface area contributed by atoms with Crippen LogP contribution >= 0.6 is 7.82 Å². The highest BCUT2D eigenvalue weighted by molar-refractivity contribution is 7.47. The van der Waals surface area contributed by atoms with Crippen LogP contribution in [0.25, 0.3) is 0 Å². The molecule has 0 aromatic heterocycles. The topological polar surface area (TPSA) is 172 Å². The summed E-state index contributed by atoms with van der Waals surface area (Å²) in [6.07, 6.45) is 35.4. The van der Waals surface area contributed by atoms with Gasteiger partial charge in [-0.1, -0.05) is 147 Å². The summed E-state index contributed by atoms with van der Waals surface area (Å²) >= 11 is 0. The van der Waals surface area contributed by atoms with Crippen LogP contribution in [0.4, 0.5) is 0 Å². The van der Waals surface area contributed by atoms with E-state index in [0.29, 0.717) is 12.8 Å². The Morgan fingerprint density at radius 1 is 0.596 bits per heavy atom. The minimum atomic E-state index is -4.71. The maximum absolute atomic E-state index is 12.6. The Bertz CT molecular complexity index is 989. The average Bonchev–Trinajstić information content (AvgIpc) is 3.12. The molecule has 3 unspecified atom stereocenters. The van der Waals surface area contributed by atoms with Gasteiger partial charge in [0.05, 0.1) is 13.2 Å². The molecule has 0 aliphatic heterocycles. The third-order valence-corrected chi connectivity index (χ3v) is 9.65. The molecule has 0 rings (SSSR count). The van der Waals surface area contributed by atoms with Gasteiger partial charge in [0, 0.05) is 12.8 Å². The maximum atomic E-state index is 12.6. The molecule has 0 aromatic rings. The minimum Gasteiger partial charge on any atom is -0.480 e. The Morgan fingerprint density at radius 3 is 1.54 bits per heavy atom. The van der Waals surface area contributed by atoms with Gasteiger partial charge in [-0.05, 0) is 44.9 Å². The van der Waals surface area contributed by atoms with Gasteiger partial charge in [0.2, 0.25) is 0 Å². The van der Waals surface area contributed by atoms with Crippen molar-refractivity contribution in [3.05, 3.63) is 24.3 Å². The normalized spacial score (nSPS) is 14.1. The third kappa shape index (κ3) is 35.0. The van der Waals surface area contributed by atoms with Crippen molar-refractivity contribution >= 4 is 25.7 Å². The quantitative estimate of drug-likeness (QED) is 0.0237. The van der Waals surface area contributed by atoms with E-state index in [4.69, 9.17) is 24.8 Å². The van der Waals surface area contributed by atoms with Crippen LogP contribution in [0, 0.1) is 0 Å². The summed E-state index contributed by atoms with van der Waals surface area (Å²) in [6, 6.07) is -1.52. The first-order valence-corrected chi connectivity index (χ1v) is 21.9. The van der Waals surface area contributed by atoms with E-state index in [9.17, 15) is 23.8 Å². The summed E-state index contributed by atoms with van der Waals surface area (Å²) < 4.78 is 32.6. The lowest BCUT2D eigenvalue weighted by molar-refractivity contribution is -0.161. The molecule has 4 N–H and O–H groups in total. The number of phosphoric ester groups is 1. The smallest absolute Gasteiger partial charge is 0.472 e. The summed E-state index contributed by atoms with van der Waals surface area (Å²) in [7, 11) is -4.71. The van der Waals surface area contributed by atoms with E-state index in [1.807, 2.05) is 0 Å². The molecule has 0 amide bonds. The van der Waals surface area contributed by atoms with Crippen LogP contribution in [0.3, 0.4) is 0 Å². The molecule has 0 saturated carbocycles. The molecule has 0 spiro atoms. The lowest BCUT2D eigenvalue weighted by Gasteiger charge is -2.20. The maximum Gasteiger partial charge on any atom is 0.472 e. The van der Waals surface area contributed by atoms with Gasteiger partial charge in [-0.2, -0.15) is 0 Å². The first-order valence-electron chi connectivity index (χ1n) is 20.4. The molecule has 0 aliphatic carbocycles. The second-order valence-corrected chi connectivity index (χ2v) is 15.2. The summed E-state index contributed by atoms with van der Waals surface area (Å²) in [5, 5.41) is 8.86. The van der Waals surface area contributed by atoms with E-state index < -0.39 is 51.1 Å². The van der Waals surface area contributed by atoms with Crippen molar-refractivity contribution in [3.63, 3.8) is 0 Å². The number of phosphoric acid groups is 1. The number of carbonyl (C=O) groups excluding carboxylic acids is 2. The number of nitrogens with two attached hydrogens (primary N) is 1. The van der Waals surface area contributed by atoms with Crippen molar-refractivity contribution in [1.29, 1.82) is 0 Å². The number of ether oxygens (including phenoxy) is 2. The molecule has 12 heteroatoms. The Balaban J connectivity index is 4.33. The number of allylic oxidation sites excluding steroid dienone is 4. The average molecular weight is 760 g/mol. The second kappa shape index (κ2) is 36.0. The monoisotopic (exact) mass is 760 g/mol. The molecular weight excluding hydrogens is 685 g/mol. The summed E-state index contributed by atoms with van der Waals surface area (Å²) in [5.41, 5.74) is 5.32. The van der Waals surface area contributed by atoms with Gasteiger partial charge in [-0.3, -0.25) is 23.4 Å². The number of hydrogen-bond acceptors (Lipinski definition) is 9. The van der Waals surface area contributed by atoms with E-state index in [0.717, 1.165) is 51.4 Å². The summed E-state index contributed by atoms with van der Waals surface area (Å²) in [4.78, 5) is 45.7. The molecule has 0 aliphatic rings. The zero-order valence-electron chi connectivity index (χ0n) is 32.7. The Morgan fingerprint density at radius 2 is 1.02 bits per heavy atom. The molecule has 0 heterocycles. The number of esters is 2. The first kappa shape index (κ1) is 50.0. The van der Waals surface area contributed by atoms with Crippen LogP contribution in [-0.4, -0.2) is 59.9 Å². The second-order valence-electron chi connectivity index (χ2n) is 13.8. The number of unbranched alkanes of at least 4 members (excludes halogenated alkanes) is 20. The van der Waals surface area contributed by atoms with Crippen molar-refractivity contribution in [2.75, 3.05) is 19.8 Å². The van der Waals surface area contributed by atoms with Crippen LogP contribution in [0.1, 0.15) is 181 Å². The van der Waals surface area contributed by atoms with Gasteiger partial charge in [-0.25, -0.2) is 4.57 Å². The Hall–Kier alpha value is -2.04. The SMILES string of the molecule is CCCCC/C=C\C/C=C\CCCCCCCCCCCC(=O)OC(COC(=O)CCCCCCCCCCC)COP(=O)(O)OCC(N)C(=O)O. The largest absolute Gasteiger partial charge is 0.480 e. The molecule has 11 nitrogen and oxygen atoms in total. The standard InChI is InChI=1S/C40H74NO10P/c1-3-5-7-9-11-13-14-15-16-17-18-19-20-21-22-24-26-28-30-32-39(43)51-36(34-49-52(46,47)50-35-37(41)40(44)45)33-48-38(42)31-29-27-25-23-12-10-8-6-4-2/h11,13,15-16,36-37H,3-10,12,14,17-35,41H2,1-2H3,(H,44,45)(H,46,47)/b13-11-,16-15-. The van der Waals surface area contributed by atoms with Crippen LogP contribution in [0.5, 0.6) is 0 Å². The Labute approximate surface area is 315 Å². The van der Waals surface area contributed by atoms with Crippen molar-refractivity contribution in [2.24, 2.45) is 5.73 Å². The number of carboxylic acid groups (broad SMARTS) is 1. The summed E-state index contributed by atoms with van der Waals surface area (Å²) in [5.74, 6) is -2.38. The zero-order chi connectivity index (χ0) is 38.5. The highest BCUT2D eigenvalue weighted by Crippen LogP contribution is 2.43. The van der Waals surface area contributed by atoms with Gasteiger partial charge in [0.1, 0.15) is 12.6 Å². The number of carboxylic acids is 1. The molecular formula is C40H74NO10P. The molecule has 0 radical (unpaired) electrons. The van der Waals surface area contributed by atoms with Gasteiger partial charge in [0.15, 0.2) is 6.10 Å². The number of rotatable bonds is 38. The van der Waals surface area contributed by atoms with Gasteiger partial charge < -0.3 is 25.2 Å². The molecule has 3 atom stereocenters. The van der Waals surface area contributed by atoms with Crippen LogP contribution < -0.4 is 5.73 Å². The molecule has 0 saturated heterocycles. The highest BCUT2D eigenvalue weighted by atomic mass is 31.2. The first-order chi connectivity index (χ1) is 25.1. The van der Waals surface area contributed by atoms with E-state index in [2.05, 4.69) is 42.7 Å². The fourth-order valence-electron chi connectivity index (χ4n) is 5.45. The summed E-state index contributed by atoms with van der Waals surface area (Å²) in [6.45, 7) is 2.74. The van der Waals surface area contributed by atoms with E-state index in [-0.39, 0.29) is 19.4 Å². The lowest BCUT2D eigenvalue weighted by Crippen LogP contribution is -2.34. The van der Waals surface area contributed by atoms with Crippen molar-refractivity contribution in [2.45, 2.75) is 193 Å². The van der Waals surface area contributed by atoms with Crippen molar-refractivity contribution in [3.8, 4) is 0 Å². The molecule has 0 aromatic carbocycles. The van der Waals surface area contributed by atoms with Crippen molar-refractivity contribution < 1.29 is 47.5 Å². The predicted molar refractivity (Wildman–Crippen MR) is 208 cm³/mol. The van der Waals surface area contributed by atoms with Crippen LogP contribution in [0.15, 0.2) is 24.3 Å². The number of hydrogen-bond donors (Lipinski definition) is 3. The van der Waals surface area contributed by atoms with Gasteiger partial charge in [-0.15, -0.1) is 0 Å². The highest BCUT2D eigenvalue weighted by Gasteiger charge is 2.28. The molecule has 0 bridgehead atoms. The fourth-order valence-corrected chi connectivity index (χ4v) is 6.23. The molecule has 0 fully saturated rings. The van der Waals surface area contributed by atoms with Gasteiger partial charge in [0.25, 0.3) is 0 Å². The van der Waals surface area contributed by atoms with E-state index in [1.165, 1.54) is 89.9 Å². The van der Waals surface area contributed by atoms with E-state index >= 15 is 0 Å². The van der Waals surface area contributed by atoms with Crippen LogP contribution in [0.2, 0.25) is 0 Å².